The van der Waals surface area contributed by atoms with E-state index in [2.05, 4.69) is 14.9 Å². The van der Waals surface area contributed by atoms with Gasteiger partial charge >= 0.3 is 11.6 Å². The molecule has 3 aromatic rings. The second-order valence-electron chi connectivity index (χ2n) is 7.03. The van der Waals surface area contributed by atoms with Crippen molar-refractivity contribution < 1.29 is 19.1 Å². The van der Waals surface area contributed by atoms with Crippen LogP contribution in [-0.2, 0) is 0 Å². The average Bonchev–Trinajstić information content (AvgIpc) is 2.84. The van der Waals surface area contributed by atoms with Crippen LogP contribution in [0.1, 0.15) is 0 Å². The van der Waals surface area contributed by atoms with Crippen LogP contribution >= 0.6 is 0 Å². The van der Waals surface area contributed by atoms with Crippen molar-refractivity contribution >= 4 is 17.2 Å². The van der Waals surface area contributed by atoms with E-state index in [-0.39, 0.29) is 17.4 Å². The molecule has 10 heteroatoms. The number of rotatable bonds is 7. The molecule has 2 aromatic carbocycles. The van der Waals surface area contributed by atoms with Crippen molar-refractivity contribution in [2.24, 2.45) is 0 Å². The van der Waals surface area contributed by atoms with Crippen molar-refractivity contribution in [1.82, 2.24) is 9.97 Å². The fourth-order valence-electron chi connectivity index (χ4n) is 3.60. The number of aromatic nitrogens is 2. The summed E-state index contributed by atoms with van der Waals surface area (Å²) in [5.41, 5.74) is 0.805. The highest BCUT2D eigenvalue weighted by atomic mass is 16.6. The smallest absolute Gasteiger partial charge is 0.373 e. The zero-order valence-corrected chi connectivity index (χ0v) is 17.8. The first-order chi connectivity index (χ1) is 15.6. The summed E-state index contributed by atoms with van der Waals surface area (Å²) in [6, 6.07) is 14.7. The zero-order chi connectivity index (χ0) is 22.5. The topological polar surface area (TPSA) is 103 Å². The minimum Gasteiger partial charge on any atom is -0.497 e. The molecule has 1 aliphatic rings. The van der Waals surface area contributed by atoms with Crippen molar-refractivity contribution in [2.75, 3.05) is 50.2 Å². The molecule has 0 atom stereocenters. The number of methoxy groups -OCH3 is 2. The van der Waals surface area contributed by atoms with E-state index in [1.807, 2.05) is 29.2 Å². The molecular formula is C22H23N5O5. The Labute approximate surface area is 185 Å². The van der Waals surface area contributed by atoms with E-state index in [9.17, 15) is 10.1 Å². The number of anilines is 2. The van der Waals surface area contributed by atoms with Gasteiger partial charge in [0.25, 0.3) is 0 Å². The highest BCUT2D eigenvalue weighted by Gasteiger charge is 2.31. The molecular weight excluding hydrogens is 414 g/mol. The van der Waals surface area contributed by atoms with Crippen LogP contribution in [0.2, 0.25) is 0 Å². The number of ether oxygens (including phenoxy) is 3. The molecule has 0 N–H and O–H groups in total. The molecule has 1 aliphatic heterocycles. The maximum Gasteiger partial charge on any atom is 0.373 e. The predicted molar refractivity (Wildman–Crippen MR) is 119 cm³/mol. The van der Waals surface area contributed by atoms with Gasteiger partial charge in [0.2, 0.25) is 5.82 Å². The van der Waals surface area contributed by atoms with Gasteiger partial charge in [0.15, 0.2) is 11.5 Å². The van der Waals surface area contributed by atoms with E-state index in [0.717, 1.165) is 11.4 Å². The monoisotopic (exact) mass is 437 g/mol. The van der Waals surface area contributed by atoms with Crippen molar-refractivity contribution in [2.45, 2.75) is 0 Å². The van der Waals surface area contributed by atoms with Crippen LogP contribution in [0.25, 0.3) is 0 Å². The Bertz CT molecular complexity index is 1080. The van der Waals surface area contributed by atoms with Gasteiger partial charge in [0.05, 0.1) is 19.1 Å². The summed E-state index contributed by atoms with van der Waals surface area (Å²) in [6.45, 7) is 2.52. The summed E-state index contributed by atoms with van der Waals surface area (Å²) in [7, 11) is 3.14. The van der Waals surface area contributed by atoms with E-state index in [4.69, 9.17) is 14.2 Å². The molecule has 0 spiro atoms. The van der Waals surface area contributed by atoms with Gasteiger partial charge in [-0.05, 0) is 36.4 Å². The fourth-order valence-corrected chi connectivity index (χ4v) is 3.60. The number of nitro groups is 1. The van der Waals surface area contributed by atoms with E-state index >= 15 is 0 Å². The lowest BCUT2D eigenvalue weighted by molar-refractivity contribution is -0.385. The van der Waals surface area contributed by atoms with Gasteiger partial charge in [0, 0.05) is 31.9 Å². The summed E-state index contributed by atoms with van der Waals surface area (Å²) in [6.07, 6.45) is 1.28. The molecule has 0 radical (unpaired) electrons. The third-order valence-corrected chi connectivity index (χ3v) is 5.24. The second-order valence-corrected chi connectivity index (χ2v) is 7.03. The molecule has 0 bridgehead atoms. The second kappa shape index (κ2) is 9.38. The summed E-state index contributed by atoms with van der Waals surface area (Å²) < 4.78 is 16.3. The first-order valence-electron chi connectivity index (χ1n) is 10.0. The van der Waals surface area contributed by atoms with Crippen LogP contribution < -0.4 is 24.0 Å². The van der Waals surface area contributed by atoms with Gasteiger partial charge in [-0.15, -0.1) is 0 Å². The summed E-state index contributed by atoms with van der Waals surface area (Å²) in [5.74, 6) is 1.71. The highest BCUT2D eigenvalue weighted by molar-refractivity contribution is 5.64. The fraction of sp³-hybridized carbons (Fsp3) is 0.273. The van der Waals surface area contributed by atoms with Crippen molar-refractivity contribution in [3.05, 3.63) is 65.0 Å². The van der Waals surface area contributed by atoms with Crippen LogP contribution in [0.4, 0.5) is 17.2 Å². The lowest BCUT2D eigenvalue weighted by Gasteiger charge is -2.36. The van der Waals surface area contributed by atoms with Crippen LogP contribution in [-0.4, -0.2) is 55.3 Å². The Morgan fingerprint density at radius 3 is 2.16 bits per heavy atom. The van der Waals surface area contributed by atoms with Gasteiger partial charge in [0.1, 0.15) is 12.1 Å². The summed E-state index contributed by atoms with van der Waals surface area (Å²) in [5, 5.41) is 11.9. The summed E-state index contributed by atoms with van der Waals surface area (Å²) >= 11 is 0. The molecule has 1 saturated heterocycles. The highest BCUT2D eigenvalue weighted by Crippen LogP contribution is 2.39. The van der Waals surface area contributed by atoms with Crippen LogP contribution in [0.5, 0.6) is 23.1 Å². The molecule has 1 aromatic heterocycles. The van der Waals surface area contributed by atoms with Crippen molar-refractivity contribution in [3.8, 4) is 23.1 Å². The van der Waals surface area contributed by atoms with Crippen LogP contribution in [0, 0.1) is 10.1 Å². The minimum absolute atomic E-state index is 0.123. The number of benzene rings is 2. The van der Waals surface area contributed by atoms with E-state index in [0.29, 0.717) is 37.7 Å². The maximum atomic E-state index is 11.9. The lowest BCUT2D eigenvalue weighted by Crippen LogP contribution is -2.47. The van der Waals surface area contributed by atoms with Crippen LogP contribution in [0.15, 0.2) is 54.9 Å². The average molecular weight is 437 g/mol. The van der Waals surface area contributed by atoms with Gasteiger partial charge in [-0.1, -0.05) is 12.1 Å². The number of piperazine rings is 1. The SMILES string of the molecule is COc1ccc(N2CCN(c3ncnc(Oc4ccccc4OC)c3[N+](=O)[O-])CC2)cc1. The number of para-hydroxylation sites is 2. The zero-order valence-electron chi connectivity index (χ0n) is 17.8. The third kappa shape index (κ3) is 4.34. The molecule has 166 valence electrons. The molecule has 1 fully saturated rings. The first-order valence-corrected chi connectivity index (χ1v) is 10.0. The largest absolute Gasteiger partial charge is 0.497 e. The van der Waals surface area contributed by atoms with Crippen molar-refractivity contribution in [3.63, 3.8) is 0 Å². The van der Waals surface area contributed by atoms with E-state index < -0.39 is 4.92 Å². The first kappa shape index (κ1) is 21.2. The lowest BCUT2D eigenvalue weighted by atomic mass is 10.2. The molecule has 0 amide bonds. The summed E-state index contributed by atoms with van der Waals surface area (Å²) in [4.78, 5) is 23.8. The Hall–Kier alpha value is -4.08. The molecule has 4 rings (SSSR count). The molecule has 0 saturated carbocycles. The van der Waals surface area contributed by atoms with Gasteiger partial charge in [-0.25, -0.2) is 4.98 Å². The Morgan fingerprint density at radius 2 is 1.53 bits per heavy atom. The quantitative estimate of drug-likeness (QED) is 0.406. The molecule has 10 nitrogen and oxygen atoms in total. The van der Waals surface area contributed by atoms with Gasteiger partial charge < -0.3 is 24.0 Å². The van der Waals surface area contributed by atoms with Gasteiger partial charge in [-0.3, -0.25) is 10.1 Å². The molecule has 32 heavy (non-hydrogen) atoms. The van der Waals surface area contributed by atoms with E-state index in [1.165, 1.54) is 13.4 Å². The number of nitrogens with zero attached hydrogens (tertiary/aromatic N) is 5. The Kier molecular flexibility index (Phi) is 6.20. The third-order valence-electron chi connectivity index (χ3n) is 5.24. The van der Waals surface area contributed by atoms with Gasteiger partial charge in [-0.2, -0.15) is 4.98 Å². The van der Waals surface area contributed by atoms with Crippen LogP contribution in [0.3, 0.4) is 0 Å². The standard InChI is InChI=1S/C22H23N5O5/c1-30-17-9-7-16(8-10-17)25-11-13-26(14-12-25)21-20(27(28)29)22(24-15-23-21)32-19-6-4-3-5-18(19)31-2/h3-10,15H,11-14H2,1-2H3. The van der Waals surface area contributed by atoms with Crippen molar-refractivity contribution in [1.29, 1.82) is 0 Å². The number of hydrogen-bond acceptors (Lipinski definition) is 9. The molecule has 0 aliphatic carbocycles. The minimum atomic E-state index is -0.504. The Morgan fingerprint density at radius 1 is 0.875 bits per heavy atom. The predicted octanol–water partition coefficient (Wildman–Crippen LogP) is 3.52. The normalized spacial score (nSPS) is 13.6. The molecule has 0 unspecified atom stereocenters. The maximum absolute atomic E-state index is 11.9. The number of hydrogen-bond donors (Lipinski definition) is 0. The Balaban J connectivity index is 1.55. The van der Waals surface area contributed by atoms with E-state index in [1.54, 1.807) is 31.4 Å². The molecule has 2 heterocycles.